The molecule has 1 fully saturated rings. The predicted molar refractivity (Wildman–Crippen MR) is 71.8 cm³/mol. The van der Waals surface area contributed by atoms with Crippen LogP contribution in [-0.4, -0.2) is 43.5 Å². The Morgan fingerprint density at radius 2 is 2.11 bits per heavy atom. The Morgan fingerprint density at radius 3 is 2.74 bits per heavy atom. The zero-order chi connectivity index (χ0) is 13.9. The van der Waals surface area contributed by atoms with Gasteiger partial charge in [-0.05, 0) is 19.9 Å². The Balaban J connectivity index is 2.39. The second-order valence-corrected chi connectivity index (χ2v) is 6.96. The first kappa shape index (κ1) is 14.2. The molecule has 1 aliphatic heterocycles. The van der Waals surface area contributed by atoms with Crippen molar-refractivity contribution < 1.29 is 13.2 Å². The van der Waals surface area contributed by atoms with Crippen molar-refractivity contribution in [3.8, 4) is 5.88 Å². The lowest BCUT2D eigenvalue weighted by Crippen LogP contribution is -2.40. The van der Waals surface area contributed by atoms with Gasteiger partial charge in [0.2, 0.25) is 5.88 Å². The summed E-state index contributed by atoms with van der Waals surface area (Å²) in [7, 11) is 0.155. The maximum Gasteiger partial charge on any atom is 0.237 e. The molecule has 1 aromatic heterocycles. The number of aromatic nitrogens is 2. The smallest absolute Gasteiger partial charge is 0.237 e. The molecule has 2 atom stereocenters. The van der Waals surface area contributed by atoms with Crippen LogP contribution in [0.3, 0.4) is 0 Å². The van der Waals surface area contributed by atoms with E-state index in [1.54, 1.807) is 13.2 Å². The van der Waals surface area contributed by atoms with E-state index < -0.39 is 15.1 Å². The fourth-order valence-electron chi connectivity index (χ4n) is 2.56. The number of hydrogen-bond donors (Lipinski definition) is 1. The summed E-state index contributed by atoms with van der Waals surface area (Å²) < 4.78 is 29.6. The third-order valence-electron chi connectivity index (χ3n) is 3.49. The third kappa shape index (κ3) is 2.87. The van der Waals surface area contributed by atoms with Crippen molar-refractivity contribution in [3.05, 3.63) is 18.1 Å². The summed E-state index contributed by atoms with van der Waals surface area (Å²) in [6, 6.07) is -0.381. The van der Waals surface area contributed by atoms with Crippen LogP contribution in [0.2, 0.25) is 0 Å². The van der Waals surface area contributed by atoms with Crippen molar-refractivity contribution in [3.63, 3.8) is 0 Å². The minimum atomic E-state index is -3.09. The zero-order valence-corrected chi connectivity index (χ0v) is 12.0. The summed E-state index contributed by atoms with van der Waals surface area (Å²) >= 11 is 0. The van der Waals surface area contributed by atoms with Crippen LogP contribution in [0.5, 0.6) is 5.88 Å². The van der Waals surface area contributed by atoms with Crippen LogP contribution in [0.1, 0.15) is 31.0 Å². The van der Waals surface area contributed by atoms with Crippen molar-refractivity contribution in [2.45, 2.75) is 30.6 Å². The second kappa shape index (κ2) is 5.83. The topological polar surface area (TPSA) is 81.2 Å². The molecule has 6 nitrogen and oxygen atoms in total. The minimum absolute atomic E-state index is 0.248. The van der Waals surface area contributed by atoms with Gasteiger partial charge in [0.25, 0.3) is 0 Å². The van der Waals surface area contributed by atoms with E-state index >= 15 is 0 Å². The molecule has 0 bridgehead atoms. The SMILES string of the molecule is CNC(c1nccnc1OC)C1CCCCS1(=O)=O. The fraction of sp³-hybridized carbons (Fsp3) is 0.667. The van der Waals surface area contributed by atoms with E-state index in [0.717, 1.165) is 12.8 Å². The molecule has 0 saturated carbocycles. The van der Waals surface area contributed by atoms with Gasteiger partial charge in [-0.2, -0.15) is 0 Å². The number of sulfone groups is 1. The number of ether oxygens (including phenoxy) is 1. The molecular weight excluding hydrogens is 266 g/mol. The Morgan fingerprint density at radius 1 is 1.37 bits per heavy atom. The molecule has 2 unspecified atom stereocenters. The van der Waals surface area contributed by atoms with Crippen LogP contribution in [0, 0.1) is 0 Å². The average Bonchev–Trinajstić information content (AvgIpc) is 2.41. The summed E-state index contributed by atoms with van der Waals surface area (Å²) in [5, 5.41) is 2.60. The van der Waals surface area contributed by atoms with Gasteiger partial charge in [0.15, 0.2) is 9.84 Å². The van der Waals surface area contributed by atoms with Gasteiger partial charge in [-0.3, -0.25) is 4.98 Å². The van der Waals surface area contributed by atoms with Gasteiger partial charge >= 0.3 is 0 Å². The molecule has 0 radical (unpaired) electrons. The van der Waals surface area contributed by atoms with Crippen LogP contribution < -0.4 is 10.1 Å². The van der Waals surface area contributed by atoms with Gasteiger partial charge in [-0.1, -0.05) is 6.42 Å². The van der Waals surface area contributed by atoms with Crippen molar-refractivity contribution in [1.29, 1.82) is 0 Å². The normalized spacial score (nSPS) is 23.8. The molecule has 7 heteroatoms. The minimum Gasteiger partial charge on any atom is -0.480 e. The van der Waals surface area contributed by atoms with Gasteiger partial charge in [0.05, 0.1) is 24.2 Å². The lowest BCUT2D eigenvalue weighted by molar-refractivity contribution is 0.373. The zero-order valence-electron chi connectivity index (χ0n) is 11.2. The van der Waals surface area contributed by atoms with Gasteiger partial charge in [0.1, 0.15) is 5.69 Å². The number of nitrogens with one attached hydrogen (secondary N) is 1. The molecule has 19 heavy (non-hydrogen) atoms. The highest BCUT2D eigenvalue weighted by molar-refractivity contribution is 7.92. The van der Waals surface area contributed by atoms with E-state index in [1.165, 1.54) is 13.3 Å². The number of nitrogens with zero attached hydrogens (tertiary/aromatic N) is 2. The standard InChI is InChI=1S/C12H19N3O3S/c1-13-10(9-5-3-4-8-19(9,16)17)11-12(18-2)15-7-6-14-11/h6-7,9-10,13H,3-5,8H2,1-2H3. The fourth-order valence-corrected chi connectivity index (χ4v) is 4.67. The maximum atomic E-state index is 12.2. The van der Waals surface area contributed by atoms with E-state index in [-0.39, 0.29) is 11.8 Å². The largest absolute Gasteiger partial charge is 0.480 e. The maximum absolute atomic E-state index is 12.2. The lowest BCUT2D eigenvalue weighted by atomic mass is 10.0. The Kier molecular flexibility index (Phi) is 4.36. The van der Waals surface area contributed by atoms with Crippen LogP contribution in [0.4, 0.5) is 0 Å². The molecule has 1 aromatic rings. The molecule has 1 N–H and O–H groups in total. The molecule has 1 saturated heterocycles. The summed E-state index contributed by atoms with van der Waals surface area (Å²) in [6.45, 7) is 0. The summed E-state index contributed by atoms with van der Waals surface area (Å²) in [5.74, 6) is 0.626. The molecule has 106 valence electrons. The van der Waals surface area contributed by atoms with Gasteiger partial charge < -0.3 is 10.1 Å². The Bertz CT molecular complexity index is 533. The molecule has 1 aliphatic rings. The third-order valence-corrected chi connectivity index (χ3v) is 5.78. The van der Waals surface area contributed by atoms with Crippen LogP contribution >= 0.6 is 0 Å². The summed E-state index contributed by atoms with van der Waals surface area (Å²) in [5.41, 5.74) is 0.558. The number of methoxy groups -OCH3 is 1. The van der Waals surface area contributed by atoms with Gasteiger partial charge in [-0.25, -0.2) is 13.4 Å². The molecule has 2 rings (SSSR count). The van der Waals surface area contributed by atoms with E-state index in [2.05, 4.69) is 15.3 Å². The summed E-state index contributed by atoms with van der Waals surface area (Å²) in [4.78, 5) is 8.34. The molecule has 0 amide bonds. The Labute approximate surface area is 113 Å². The first-order valence-electron chi connectivity index (χ1n) is 6.34. The van der Waals surface area contributed by atoms with Gasteiger partial charge in [0, 0.05) is 12.4 Å². The monoisotopic (exact) mass is 285 g/mol. The molecule has 0 spiro atoms. The molecular formula is C12H19N3O3S. The predicted octanol–water partition coefficient (Wildman–Crippen LogP) is 0.713. The number of rotatable bonds is 4. The summed E-state index contributed by atoms with van der Waals surface area (Å²) in [6.07, 6.45) is 5.40. The highest BCUT2D eigenvalue weighted by Crippen LogP contribution is 2.32. The quantitative estimate of drug-likeness (QED) is 0.877. The number of hydrogen-bond acceptors (Lipinski definition) is 6. The van der Waals surface area contributed by atoms with E-state index in [9.17, 15) is 8.42 Å². The lowest BCUT2D eigenvalue weighted by Gasteiger charge is -2.29. The van der Waals surface area contributed by atoms with Crippen molar-refractivity contribution in [2.75, 3.05) is 19.9 Å². The van der Waals surface area contributed by atoms with E-state index in [4.69, 9.17) is 4.74 Å². The van der Waals surface area contributed by atoms with Crippen LogP contribution in [-0.2, 0) is 9.84 Å². The molecule has 0 aromatic carbocycles. The van der Waals surface area contributed by atoms with Crippen molar-refractivity contribution in [1.82, 2.24) is 15.3 Å². The highest BCUT2D eigenvalue weighted by atomic mass is 32.2. The van der Waals surface area contributed by atoms with Crippen molar-refractivity contribution in [2.24, 2.45) is 0 Å². The molecule has 0 aliphatic carbocycles. The second-order valence-electron chi connectivity index (χ2n) is 4.62. The first-order chi connectivity index (χ1) is 9.10. The van der Waals surface area contributed by atoms with Gasteiger partial charge in [-0.15, -0.1) is 0 Å². The van der Waals surface area contributed by atoms with E-state index in [0.29, 0.717) is 18.0 Å². The Hall–Kier alpha value is -1.21. The van der Waals surface area contributed by atoms with Crippen LogP contribution in [0.15, 0.2) is 12.4 Å². The molecule has 2 heterocycles. The first-order valence-corrected chi connectivity index (χ1v) is 8.05. The van der Waals surface area contributed by atoms with Crippen LogP contribution in [0.25, 0.3) is 0 Å². The average molecular weight is 285 g/mol. The van der Waals surface area contributed by atoms with E-state index in [1.807, 2.05) is 0 Å². The highest BCUT2D eigenvalue weighted by Gasteiger charge is 2.37. The van der Waals surface area contributed by atoms with Crippen molar-refractivity contribution >= 4 is 9.84 Å².